The van der Waals surface area contributed by atoms with E-state index in [1.165, 1.54) is 23.0 Å². The first-order chi connectivity index (χ1) is 15.4. The van der Waals surface area contributed by atoms with E-state index in [9.17, 15) is 14.4 Å². The molecular formula is C21H25N5O5S. The Bertz CT molecular complexity index is 1270. The Kier molecular flexibility index (Phi) is 6.17. The van der Waals surface area contributed by atoms with Crippen LogP contribution in [0.2, 0.25) is 0 Å². The molecule has 170 valence electrons. The fourth-order valence-electron chi connectivity index (χ4n) is 3.71. The average molecular weight is 460 g/mol. The number of nitrogens with one attached hydrogen (secondary N) is 1. The summed E-state index contributed by atoms with van der Waals surface area (Å²) in [7, 11) is 4.51. The molecule has 0 bridgehead atoms. The highest BCUT2D eigenvalue weighted by atomic mass is 32.1. The normalized spacial score (nSPS) is 13.5. The molecule has 10 nitrogen and oxygen atoms in total. The van der Waals surface area contributed by atoms with E-state index in [-0.39, 0.29) is 24.6 Å². The van der Waals surface area contributed by atoms with Crippen molar-refractivity contribution in [2.45, 2.75) is 25.9 Å². The van der Waals surface area contributed by atoms with Gasteiger partial charge in [-0.2, -0.15) is 0 Å². The summed E-state index contributed by atoms with van der Waals surface area (Å²) in [6, 6.07) is 5.36. The Balaban J connectivity index is 1.57. The molecule has 3 heterocycles. The number of amides is 1. The van der Waals surface area contributed by atoms with Gasteiger partial charge >= 0.3 is 5.69 Å². The summed E-state index contributed by atoms with van der Waals surface area (Å²) >= 11 is 1.27. The van der Waals surface area contributed by atoms with Crippen molar-refractivity contribution in [2.75, 3.05) is 32.2 Å². The molecular weight excluding hydrogens is 434 g/mol. The molecule has 0 spiro atoms. The van der Waals surface area contributed by atoms with Gasteiger partial charge in [0.1, 0.15) is 11.2 Å². The zero-order chi connectivity index (χ0) is 22.8. The van der Waals surface area contributed by atoms with Crippen molar-refractivity contribution < 1.29 is 14.3 Å². The quantitative estimate of drug-likeness (QED) is 0.564. The van der Waals surface area contributed by atoms with Crippen LogP contribution >= 0.6 is 11.3 Å². The maximum atomic E-state index is 12.8. The van der Waals surface area contributed by atoms with Gasteiger partial charge in [0, 0.05) is 26.7 Å². The third kappa shape index (κ3) is 4.07. The van der Waals surface area contributed by atoms with Crippen molar-refractivity contribution >= 4 is 32.7 Å². The van der Waals surface area contributed by atoms with E-state index in [2.05, 4.69) is 15.2 Å². The summed E-state index contributed by atoms with van der Waals surface area (Å²) in [5.41, 5.74) is 0.113. The third-order valence-electron chi connectivity index (χ3n) is 5.49. The fraction of sp³-hybridized carbons (Fsp3) is 0.429. The fourth-order valence-corrected chi connectivity index (χ4v) is 4.81. The second-order valence-electron chi connectivity index (χ2n) is 7.54. The van der Waals surface area contributed by atoms with Crippen molar-refractivity contribution in [3.05, 3.63) is 44.6 Å². The van der Waals surface area contributed by atoms with Crippen molar-refractivity contribution in [1.82, 2.24) is 19.4 Å². The minimum absolute atomic E-state index is 0.236. The monoisotopic (exact) mass is 459 g/mol. The van der Waals surface area contributed by atoms with Gasteiger partial charge < -0.3 is 19.7 Å². The molecule has 1 aliphatic heterocycles. The van der Waals surface area contributed by atoms with Crippen LogP contribution in [0.1, 0.15) is 18.4 Å². The number of hydrogen-bond donors (Lipinski definition) is 1. The number of fused-ring (bicyclic) bond motifs is 1. The van der Waals surface area contributed by atoms with Gasteiger partial charge in [0.05, 0.1) is 14.2 Å². The second-order valence-corrected chi connectivity index (χ2v) is 8.52. The Morgan fingerprint density at radius 2 is 1.88 bits per heavy atom. The lowest BCUT2D eigenvalue weighted by Gasteiger charge is -2.12. The van der Waals surface area contributed by atoms with E-state index in [1.54, 1.807) is 26.4 Å². The van der Waals surface area contributed by atoms with Gasteiger partial charge in [0.15, 0.2) is 22.3 Å². The summed E-state index contributed by atoms with van der Waals surface area (Å²) < 4.78 is 13.2. The van der Waals surface area contributed by atoms with Crippen LogP contribution < -0.4 is 30.9 Å². The van der Waals surface area contributed by atoms with Gasteiger partial charge in [-0.3, -0.25) is 18.7 Å². The van der Waals surface area contributed by atoms with Crippen LogP contribution in [0.4, 0.5) is 5.13 Å². The molecule has 0 unspecified atom stereocenters. The summed E-state index contributed by atoms with van der Waals surface area (Å²) in [6.45, 7) is 1.76. The zero-order valence-electron chi connectivity index (χ0n) is 18.2. The number of benzene rings is 1. The van der Waals surface area contributed by atoms with E-state index in [4.69, 9.17) is 9.47 Å². The molecule has 4 rings (SSSR count). The molecule has 3 aromatic rings. The molecule has 1 fully saturated rings. The molecule has 2 aromatic heterocycles. The van der Waals surface area contributed by atoms with Crippen LogP contribution in [-0.4, -0.2) is 47.3 Å². The first-order valence-corrected chi connectivity index (χ1v) is 11.1. The number of thiazole rings is 1. The molecule has 32 heavy (non-hydrogen) atoms. The number of ether oxygens (including phenoxy) is 2. The number of aromatic nitrogens is 3. The van der Waals surface area contributed by atoms with Crippen LogP contribution in [0, 0.1) is 0 Å². The average Bonchev–Trinajstić information content (AvgIpc) is 3.49. The highest BCUT2D eigenvalue weighted by molar-refractivity contribution is 7.22. The number of hydrogen-bond acceptors (Lipinski definition) is 8. The molecule has 1 N–H and O–H groups in total. The van der Waals surface area contributed by atoms with Gasteiger partial charge in [0.2, 0.25) is 5.91 Å². The smallest absolute Gasteiger partial charge is 0.332 e. The van der Waals surface area contributed by atoms with Crippen molar-refractivity contribution in [1.29, 1.82) is 0 Å². The van der Waals surface area contributed by atoms with E-state index >= 15 is 0 Å². The zero-order valence-corrected chi connectivity index (χ0v) is 19.0. The predicted octanol–water partition coefficient (Wildman–Crippen LogP) is 1.09. The topological polar surface area (TPSA) is 108 Å². The number of carbonyl (C=O) groups is 1. The number of carbonyl (C=O) groups excluding carboxylic acids is 1. The van der Waals surface area contributed by atoms with Crippen LogP contribution in [-0.2, 0) is 24.9 Å². The molecule has 0 saturated carbocycles. The SMILES string of the molecule is COc1ccc(CNC(=O)Cn2c(=O)n(C)c(=O)c3sc(N4CCCC4)nc32)cc1OC. The summed E-state index contributed by atoms with van der Waals surface area (Å²) in [5.74, 6) is 0.795. The molecule has 1 saturated heterocycles. The Labute approximate surface area is 188 Å². The Hall–Kier alpha value is -3.34. The Morgan fingerprint density at radius 1 is 1.16 bits per heavy atom. The van der Waals surface area contributed by atoms with Crippen LogP contribution in [0.25, 0.3) is 10.3 Å². The molecule has 11 heteroatoms. The van der Waals surface area contributed by atoms with E-state index < -0.39 is 11.2 Å². The van der Waals surface area contributed by atoms with Crippen LogP contribution in [0.5, 0.6) is 11.5 Å². The van der Waals surface area contributed by atoms with Gasteiger partial charge in [0.25, 0.3) is 5.56 Å². The van der Waals surface area contributed by atoms with Crippen molar-refractivity contribution in [3.8, 4) is 11.5 Å². The summed E-state index contributed by atoms with van der Waals surface area (Å²) in [4.78, 5) is 44.7. The van der Waals surface area contributed by atoms with Gasteiger partial charge in [-0.1, -0.05) is 17.4 Å². The number of anilines is 1. The van der Waals surface area contributed by atoms with Crippen molar-refractivity contribution in [2.24, 2.45) is 7.05 Å². The molecule has 0 atom stereocenters. The van der Waals surface area contributed by atoms with E-state index in [1.807, 2.05) is 6.07 Å². The second kappa shape index (κ2) is 9.03. The lowest BCUT2D eigenvalue weighted by atomic mass is 10.2. The van der Waals surface area contributed by atoms with Gasteiger partial charge in [-0.05, 0) is 30.5 Å². The van der Waals surface area contributed by atoms with E-state index in [0.717, 1.165) is 36.1 Å². The predicted molar refractivity (Wildman–Crippen MR) is 122 cm³/mol. The van der Waals surface area contributed by atoms with Crippen molar-refractivity contribution in [3.63, 3.8) is 0 Å². The molecule has 1 aromatic carbocycles. The number of methoxy groups -OCH3 is 2. The highest BCUT2D eigenvalue weighted by Crippen LogP contribution is 2.29. The van der Waals surface area contributed by atoms with Crippen LogP contribution in [0.15, 0.2) is 27.8 Å². The lowest BCUT2D eigenvalue weighted by molar-refractivity contribution is -0.121. The number of rotatable bonds is 7. The maximum absolute atomic E-state index is 12.8. The summed E-state index contributed by atoms with van der Waals surface area (Å²) in [6.07, 6.45) is 2.14. The van der Waals surface area contributed by atoms with E-state index in [0.29, 0.717) is 21.3 Å². The van der Waals surface area contributed by atoms with Gasteiger partial charge in [-0.25, -0.2) is 9.78 Å². The van der Waals surface area contributed by atoms with Crippen LogP contribution in [0.3, 0.4) is 0 Å². The minimum Gasteiger partial charge on any atom is -0.493 e. The van der Waals surface area contributed by atoms with Gasteiger partial charge in [-0.15, -0.1) is 0 Å². The molecule has 0 radical (unpaired) electrons. The first-order valence-electron chi connectivity index (χ1n) is 10.3. The Morgan fingerprint density at radius 3 is 2.56 bits per heavy atom. The largest absolute Gasteiger partial charge is 0.493 e. The maximum Gasteiger partial charge on any atom is 0.332 e. The third-order valence-corrected chi connectivity index (χ3v) is 6.58. The standard InChI is InChI=1S/C21H25N5O5S/c1-24-19(28)17-18(23-20(32-17)25-8-4-5-9-25)26(21(24)29)12-16(27)22-11-13-6-7-14(30-2)15(10-13)31-3/h6-7,10H,4-5,8-9,11-12H2,1-3H3,(H,22,27). The summed E-state index contributed by atoms with van der Waals surface area (Å²) in [5, 5.41) is 3.51. The molecule has 0 aliphatic carbocycles. The minimum atomic E-state index is -0.568. The first kappa shape index (κ1) is 21.9. The lowest BCUT2D eigenvalue weighted by Crippen LogP contribution is -2.41. The highest BCUT2D eigenvalue weighted by Gasteiger charge is 2.22. The molecule has 1 aliphatic rings. The molecule has 1 amide bonds. The number of nitrogens with zero attached hydrogens (tertiary/aromatic N) is 4.